The van der Waals surface area contributed by atoms with Gasteiger partial charge in [0.1, 0.15) is 24.4 Å². The SMILES string of the molecule is CCOCCC[N+]1=C[C@H](c2ccc3c(c2)OCO3)[C@H](C(=O)O)[C@H]1c1ccc(OC)cc1. The summed E-state index contributed by atoms with van der Waals surface area (Å²) in [5.41, 5.74) is 1.85. The highest BCUT2D eigenvalue weighted by Gasteiger charge is 2.49. The molecule has 1 N–H and O–H groups in total. The quantitative estimate of drug-likeness (QED) is 0.489. The molecule has 0 radical (unpaired) electrons. The summed E-state index contributed by atoms with van der Waals surface area (Å²) in [6.07, 6.45) is 2.87. The lowest BCUT2D eigenvalue weighted by Gasteiger charge is -2.19. The zero-order chi connectivity index (χ0) is 21.8. The number of benzene rings is 2. The molecule has 0 saturated heterocycles. The third-order valence-electron chi connectivity index (χ3n) is 5.87. The summed E-state index contributed by atoms with van der Waals surface area (Å²) >= 11 is 0. The molecular formula is C24H28NO6+. The maximum Gasteiger partial charge on any atom is 0.314 e. The van der Waals surface area contributed by atoms with E-state index in [0.717, 1.165) is 23.3 Å². The topological polar surface area (TPSA) is 77.2 Å². The van der Waals surface area contributed by atoms with Crippen molar-refractivity contribution >= 4 is 12.2 Å². The minimum Gasteiger partial charge on any atom is -0.497 e. The van der Waals surface area contributed by atoms with Crippen molar-refractivity contribution in [3.8, 4) is 17.2 Å². The van der Waals surface area contributed by atoms with Gasteiger partial charge in [-0.3, -0.25) is 4.79 Å². The van der Waals surface area contributed by atoms with Gasteiger partial charge in [0, 0.05) is 18.6 Å². The number of carboxylic acids is 1. The lowest BCUT2D eigenvalue weighted by molar-refractivity contribution is -0.566. The van der Waals surface area contributed by atoms with Gasteiger partial charge >= 0.3 is 5.97 Å². The molecule has 2 aromatic carbocycles. The molecule has 0 spiro atoms. The number of carbonyl (C=O) groups is 1. The molecule has 0 bridgehead atoms. The van der Waals surface area contributed by atoms with Crippen LogP contribution >= 0.6 is 0 Å². The van der Waals surface area contributed by atoms with Gasteiger partial charge in [0.15, 0.2) is 17.5 Å². The van der Waals surface area contributed by atoms with Gasteiger partial charge in [-0.2, -0.15) is 0 Å². The monoisotopic (exact) mass is 426 g/mol. The van der Waals surface area contributed by atoms with Crippen LogP contribution in [-0.4, -0.2) is 55.5 Å². The van der Waals surface area contributed by atoms with E-state index in [1.165, 1.54) is 0 Å². The van der Waals surface area contributed by atoms with Crippen molar-refractivity contribution in [3.63, 3.8) is 0 Å². The van der Waals surface area contributed by atoms with E-state index >= 15 is 0 Å². The molecular weight excluding hydrogens is 398 g/mol. The largest absolute Gasteiger partial charge is 0.497 e. The molecule has 0 aliphatic carbocycles. The fourth-order valence-corrected chi connectivity index (χ4v) is 4.40. The lowest BCUT2D eigenvalue weighted by atomic mass is 9.82. The molecule has 0 amide bonds. The molecule has 0 fully saturated rings. The van der Waals surface area contributed by atoms with Crippen molar-refractivity contribution < 1.29 is 33.4 Å². The minimum absolute atomic E-state index is 0.188. The molecule has 2 aliphatic heterocycles. The van der Waals surface area contributed by atoms with Gasteiger partial charge in [-0.05, 0) is 48.9 Å². The van der Waals surface area contributed by atoms with Crippen LogP contribution in [0.15, 0.2) is 42.5 Å². The Balaban J connectivity index is 1.69. The van der Waals surface area contributed by atoms with Gasteiger partial charge < -0.3 is 24.1 Å². The third-order valence-corrected chi connectivity index (χ3v) is 5.87. The molecule has 2 aromatic rings. The number of methoxy groups -OCH3 is 1. The summed E-state index contributed by atoms with van der Waals surface area (Å²) in [6.45, 7) is 4.18. The van der Waals surface area contributed by atoms with Crippen molar-refractivity contribution in [2.24, 2.45) is 5.92 Å². The first-order valence-corrected chi connectivity index (χ1v) is 10.6. The van der Waals surface area contributed by atoms with Crippen molar-refractivity contribution in [1.82, 2.24) is 0 Å². The summed E-state index contributed by atoms with van der Waals surface area (Å²) in [5.74, 6) is 0.339. The first-order chi connectivity index (χ1) is 15.1. The number of ether oxygens (including phenoxy) is 4. The van der Waals surface area contributed by atoms with E-state index in [9.17, 15) is 9.90 Å². The summed E-state index contributed by atoms with van der Waals surface area (Å²) in [7, 11) is 1.62. The molecule has 7 heteroatoms. The fourth-order valence-electron chi connectivity index (χ4n) is 4.40. The number of carboxylic acid groups (broad SMARTS) is 1. The summed E-state index contributed by atoms with van der Waals surface area (Å²) in [4.78, 5) is 12.5. The average Bonchev–Trinajstić information content (AvgIpc) is 3.41. The Hall–Kier alpha value is -3.06. The van der Waals surface area contributed by atoms with E-state index in [0.29, 0.717) is 31.3 Å². The van der Waals surface area contributed by atoms with Crippen molar-refractivity contribution in [3.05, 3.63) is 53.6 Å². The number of nitrogens with zero attached hydrogens (tertiary/aromatic N) is 1. The Bertz CT molecular complexity index is 955. The zero-order valence-electron chi connectivity index (χ0n) is 17.8. The molecule has 2 aliphatic rings. The number of hydrogen-bond donors (Lipinski definition) is 1. The Labute approximate surface area is 181 Å². The van der Waals surface area contributed by atoms with Gasteiger partial charge in [0.2, 0.25) is 6.79 Å². The molecule has 0 saturated carbocycles. The van der Waals surface area contributed by atoms with Crippen LogP contribution in [0.3, 0.4) is 0 Å². The highest BCUT2D eigenvalue weighted by atomic mass is 16.7. The number of hydrogen-bond acceptors (Lipinski definition) is 5. The standard InChI is InChI=1S/C24H27NO6/c1-3-29-12-4-11-25-14-19(17-7-10-20-21(13-17)31-15-30-20)22(24(26)27)23(25)16-5-8-18(28-2)9-6-16/h5-10,13-14,19,22-23H,3-4,11-12,15H2,1-2H3/p+1/t19-,22+,23-/m1/s1. The molecule has 164 valence electrons. The third kappa shape index (κ3) is 4.37. The average molecular weight is 426 g/mol. The zero-order valence-corrected chi connectivity index (χ0v) is 17.8. The van der Waals surface area contributed by atoms with Crippen LogP contribution in [-0.2, 0) is 9.53 Å². The number of aliphatic carboxylic acids is 1. The first-order valence-electron chi connectivity index (χ1n) is 10.6. The van der Waals surface area contributed by atoms with E-state index in [1.807, 2.05) is 49.4 Å². The smallest absolute Gasteiger partial charge is 0.314 e. The van der Waals surface area contributed by atoms with Crippen molar-refractivity contribution in [1.29, 1.82) is 0 Å². The summed E-state index contributed by atoms with van der Waals surface area (Å²) < 4.78 is 23.9. The van der Waals surface area contributed by atoms with E-state index in [2.05, 4.69) is 10.8 Å². The van der Waals surface area contributed by atoms with Crippen molar-refractivity contribution in [2.45, 2.75) is 25.3 Å². The van der Waals surface area contributed by atoms with E-state index in [4.69, 9.17) is 18.9 Å². The predicted molar refractivity (Wildman–Crippen MR) is 114 cm³/mol. The Morgan fingerprint density at radius 2 is 1.87 bits per heavy atom. The molecule has 0 unspecified atom stereocenters. The van der Waals surface area contributed by atoms with E-state index in [1.54, 1.807) is 7.11 Å². The normalized spacial score (nSPS) is 21.7. The molecule has 7 nitrogen and oxygen atoms in total. The van der Waals surface area contributed by atoms with E-state index < -0.39 is 11.9 Å². The summed E-state index contributed by atoms with van der Waals surface area (Å²) in [5, 5.41) is 10.2. The van der Waals surface area contributed by atoms with Gasteiger partial charge in [-0.25, -0.2) is 4.58 Å². The van der Waals surface area contributed by atoms with Gasteiger partial charge in [0.25, 0.3) is 0 Å². The lowest BCUT2D eigenvalue weighted by Crippen LogP contribution is -2.28. The predicted octanol–water partition coefficient (Wildman–Crippen LogP) is 3.47. The number of fused-ring (bicyclic) bond motifs is 1. The van der Waals surface area contributed by atoms with Gasteiger partial charge in [0.05, 0.1) is 19.6 Å². The van der Waals surface area contributed by atoms with Crippen LogP contribution in [0, 0.1) is 5.92 Å². The fraction of sp³-hybridized carbons (Fsp3) is 0.417. The summed E-state index contributed by atoms with van der Waals surface area (Å²) in [6, 6.07) is 13.0. The second-order valence-corrected chi connectivity index (χ2v) is 7.66. The van der Waals surface area contributed by atoms with Gasteiger partial charge in [-0.1, -0.05) is 6.07 Å². The Morgan fingerprint density at radius 3 is 2.58 bits per heavy atom. The molecule has 4 rings (SSSR count). The molecule has 31 heavy (non-hydrogen) atoms. The van der Waals surface area contributed by atoms with E-state index in [-0.39, 0.29) is 18.8 Å². The van der Waals surface area contributed by atoms with Gasteiger partial charge in [-0.15, -0.1) is 0 Å². The second kappa shape index (κ2) is 9.39. The molecule has 2 heterocycles. The Kier molecular flexibility index (Phi) is 6.42. The van der Waals surface area contributed by atoms with Crippen LogP contribution in [0.4, 0.5) is 0 Å². The Morgan fingerprint density at radius 1 is 1.13 bits per heavy atom. The maximum atomic E-state index is 12.5. The highest BCUT2D eigenvalue weighted by Crippen LogP contribution is 2.44. The second-order valence-electron chi connectivity index (χ2n) is 7.66. The minimum atomic E-state index is -0.827. The van der Waals surface area contributed by atoms with Crippen LogP contribution < -0.4 is 14.2 Å². The molecule has 3 atom stereocenters. The van der Waals surface area contributed by atoms with Crippen LogP contribution in [0.5, 0.6) is 17.2 Å². The maximum absolute atomic E-state index is 12.5. The van der Waals surface area contributed by atoms with Crippen molar-refractivity contribution in [2.75, 3.05) is 33.7 Å². The van der Waals surface area contributed by atoms with Crippen LogP contribution in [0.25, 0.3) is 0 Å². The number of rotatable bonds is 9. The van der Waals surface area contributed by atoms with Crippen LogP contribution in [0.1, 0.15) is 36.4 Å². The first kappa shape index (κ1) is 21.2. The molecule has 0 aromatic heterocycles. The van der Waals surface area contributed by atoms with Crippen LogP contribution in [0.2, 0.25) is 0 Å². The highest BCUT2D eigenvalue weighted by molar-refractivity contribution is 5.81.